The topological polar surface area (TPSA) is 87.8 Å². The van der Waals surface area contributed by atoms with E-state index in [1.54, 1.807) is 30.3 Å². The maximum absolute atomic E-state index is 12.5. The van der Waals surface area contributed by atoms with Crippen molar-refractivity contribution in [2.75, 3.05) is 0 Å². The van der Waals surface area contributed by atoms with Crippen molar-refractivity contribution in [3.05, 3.63) is 52.1 Å². The molecule has 6 nitrogen and oxygen atoms in total. The van der Waals surface area contributed by atoms with E-state index in [1.807, 2.05) is 20.8 Å². The maximum Gasteiger partial charge on any atom is 0.335 e. The van der Waals surface area contributed by atoms with E-state index in [-0.39, 0.29) is 22.8 Å². The van der Waals surface area contributed by atoms with E-state index in [2.05, 4.69) is 0 Å². The Balaban J connectivity index is 1.90. The lowest BCUT2D eigenvalue weighted by molar-refractivity contribution is -0.124. The lowest BCUT2D eigenvalue weighted by Crippen LogP contribution is -2.36. The summed E-state index contributed by atoms with van der Waals surface area (Å²) in [6.45, 7) is 5.62. The van der Waals surface area contributed by atoms with Gasteiger partial charge in [0.2, 0.25) is 0 Å². The third kappa shape index (κ3) is 3.68. The fraction of sp³-hybridized carbons (Fsp3) is 0.250. The monoisotopic (exact) mass is 385 g/mol. The highest BCUT2D eigenvalue weighted by Gasteiger charge is 2.37. The number of furan rings is 1. The number of amides is 2. The lowest BCUT2D eigenvalue weighted by Gasteiger charge is -2.19. The molecule has 1 aliphatic heterocycles. The number of rotatable bonds is 5. The SMILES string of the molecule is CC[C@@H](C)N1C(=O)S/C(=C/c2ccc(-c3cc(C(=O)O)ccc3C)o2)C1=O. The van der Waals surface area contributed by atoms with Gasteiger partial charge in [0.1, 0.15) is 11.5 Å². The summed E-state index contributed by atoms with van der Waals surface area (Å²) >= 11 is 0.896. The van der Waals surface area contributed by atoms with E-state index in [0.29, 0.717) is 28.4 Å². The number of hydrogen-bond donors (Lipinski definition) is 1. The van der Waals surface area contributed by atoms with Gasteiger partial charge in [-0.3, -0.25) is 14.5 Å². The molecule has 1 aliphatic rings. The van der Waals surface area contributed by atoms with Crippen LogP contribution in [0.5, 0.6) is 0 Å². The molecule has 7 heteroatoms. The van der Waals surface area contributed by atoms with E-state index in [4.69, 9.17) is 9.52 Å². The van der Waals surface area contributed by atoms with Crippen LogP contribution in [0.3, 0.4) is 0 Å². The van der Waals surface area contributed by atoms with E-state index in [9.17, 15) is 14.4 Å². The van der Waals surface area contributed by atoms with Crippen molar-refractivity contribution in [1.82, 2.24) is 4.90 Å². The summed E-state index contributed by atoms with van der Waals surface area (Å²) in [4.78, 5) is 37.4. The smallest absolute Gasteiger partial charge is 0.335 e. The Bertz CT molecular complexity index is 959. The van der Waals surface area contributed by atoms with Crippen molar-refractivity contribution in [3.8, 4) is 11.3 Å². The minimum absolute atomic E-state index is 0.156. The molecule has 1 atom stereocenters. The lowest BCUT2D eigenvalue weighted by atomic mass is 10.0. The van der Waals surface area contributed by atoms with Gasteiger partial charge < -0.3 is 9.52 Å². The maximum atomic E-state index is 12.5. The minimum Gasteiger partial charge on any atom is -0.478 e. The molecule has 27 heavy (non-hydrogen) atoms. The summed E-state index contributed by atoms with van der Waals surface area (Å²) in [7, 11) is 0. The van der Waals surface area contributed by atoms with Crippen LogP contribution in [0.1, 0.15) is 41.9 Å². The van der Waals surface area contributed by atoms with Crippen molar-refractivity contribution in [1.29, 1.82) is 0 Å². The molecular weight excluding hydrogens is 366 g/mol. The fourth-order valence-corrected chi connectivity index (χ4v) is 3.68. The molecule has 0 spiro atoms. The molecule has 2 aromatic rings. The predicted octanol–water partition coefficient (Wildman–Crippen LogP) is 4.79. The molecule has 1 aromatic carbocycles. The predicted molar refractivity (Wildman–Crippen MR) is 103 cm³/mol. The summed E-state index contributed by atoms with van der Waals surface area (Å²) in [6.07, 6.45) is 2.24. The molecule has 0 unspecified atom stereocenters. The van der Waals surface area contributed by atoms with Gasteiger partial charge >= 0.3 is 5.97 Å². The molecule has 1 fully saturated rings. The Hall–Kier alpha value is -2.80. The third-order valence-corrected chi connectivity index (χ3v) is 5.39. The summed E-state index contributed by atoms with van der Waals surface area (Å²) in [5.41, 5.74) is 1.71. The van der Waals surface area contributed by atoms with E-state index in [1.165, 1.54) is 11.0 Å². The Kier molecular flexibility index (Phi) is 5.23. The highest BCUT2D eigenvalue weighted by molar-refractivity contribution is 8.18. The number of aromatic carboxylic acids is 1. The first-order valence-corrected chi connectivity index (χ1v) is 9.34. The number of carbonyl (C=O) groups excluding carboxylic acids is 2. The van der Waals surface area contributed by atoms with Gasteiger partial charge in [-0.1, -0.05) is 13.0 Å². The first kappa shape index (κ1) is 19.0. The number of carbonyl (C=O) groups is 3. The van der Waals surface area contributed by atoms with Crippen LogP contribution in [-0.4, -0.2) is 33.2 Å². The number of benzene rings is 1. The van der Waals surface area contributed by atoms with Gasteiger partial charge in [0, 0.05) is 17.7 Å². The van der Waals surface area contributed by atoms with Gasteiger partial charge in [-0.25, -0.2) is 4.79 Å². The summed E-state index contributed by atoms with van der Waals surface area (Å²) < 4.78 is 5.79. The van der Waals surface area contributed by atoms with Crippen LogP contribution in [-0.2, 0) is 4.79 Å². The molecule has 140 valence electrons. The summed E-state index contributed by atoms with van der Waals surface area (Å²) in [6, 6.07) is 8.07. The highest BCUT2D eigenvalue weighted by Crippen LogP contribution is 2.35. The molecule has 1 aromatic heterocycles. The van der Waals surface area contributed by atoms with E-state index < -0.39 is 5.97 Å². The zero-order valence-electron chi connectivity index (χ0n) is 15.2. The second-order valence-corrected chi connectivity index (χ2v) is 7.34. The Morgan fingerprint density at radius 3 is 2.70 bits per heavy atom. The van der Waals surface area contributed by atoms with Crippen molar-refractivity contribution < 1.29 is 23.9 Å². The van der Waals surface area contributed by atoms with Gasteiger partial charge in [-0.2, -0.15) is 0 Å². The van der Waals surface area contributed by atoms with Crippen LogP contribution >= 0.6 is 11.8 Å². The normalized spacial score (nSPS) is 17.0. The molecule has 0 aliphatic carbocycles. The average molecular weight is 385 g/mol. The van der Waals surface area contributed by atoms with Crippen LogP contribution in [0.4, 0.5) is 4.79 Å². The second kappa shape index (κ2) is 7.44. The number of aryl methyl sites for hydroxylation is 1. The third-order valence-electron chi connectivity index (χ3n) is 4.51. The Morgan fingerprint density at radius 2 is 2.04 bits per heavy atom. The summed E-state index contributed by atoms with van der Waals surface area (Å²) in [5.74, 6) is -0.397. The number of carboxylic acid groups (broad SMARTS) is 1. The number of nitrogens with zero attached hydrogens (tertiary/aromatic N) is 1. The second-order valence-electron chi connectivity index (χ2n) is 6.35. The number of carboxylic acids is 1. The van der Waals surface area contributed by atoms with Crippen molar-refractivity contribution in [2.24, 2.45) is 0 Å². The number of hydrogen-bond acceptors (Lipinski definition) is 5. The standard InChI is InChI=1S/C20H19NO5S/c1-4-12(3)21-18(22)17(27-20(21)25)10-14-7-8-16(26-14)15-9-13(19(23)24)6-5-11(15)2/h5-10,12H,4H2,1-3H3,(H,23,24)/b17-10+/t12-/m1/s1. The zero-order valence-corrected chi connectivity index (χ0v) is 16.0. The van der Waals surface area contributed by atoms with Crippen LogP contribution in [0.25, 0.3) is 17.4 Å². The van der Waals surface area contributed by atoms with Crippen LogP contribution in [0, 0.1) is 6.92 Å². The molecule has 2 heterocycles. The van der Waals surface area contributed by atoms with E-state index in [0.717, 1.165) is 17.3 Å². The molecule has 0 saturated carbocycles. The fourth-order valence-electron chi connectivity index (χ4n) is 2.77. The molecule has 1 N–H and O–H groups in total. The molecule has 2 amide bonds. The molecule has 0 radical (unpaired) electrons. The average Bonchev–Trinajstić information content (AvgIpc) is 3.19. The van der Waals surface area contributed by atoms with E-state index >= 15 is 0 Å². The Labute approximate surface area is 160 Å². The first-order chi connectivity index (χ1) is 12.8. The molecular formula is C20H19NO5S. The van der Waals surface area contributed by atoms with Gasteiger partial charge in [0.05, 0.1) is 10.5 Å². The molecule has 1 saturated heterocycles. The minimum atomic E-state index is -1.01. The highest BCUT2D eigenvalue weighted by atomic mass is 32.2. The Morgan fingerprint density at radius 1 is 1.30 bits per heavy atom. The van der Waals surface area contributed by atoms with Crippen LogP contribution in [0.15, 0.2) is 39.7 Å². The molecule has 0 bridgehead atoms. The number of thioether (sulfide) groups is 1. The first-order valence-electron chi connectivity index (χ1n) is 8.53. The largest absolute Gasteiger partial charge is 0.478 e. The van der Waals surface area contributed by atoms with Crippen LogP contribution < -0.4 is 0 Å². The number of imide groups is 1. The van der Waals surface area contributed by atoms with Crippen LogP contribution in [0.2, 0.25) is 0 Å². The zero-order chi connectivity index (χ0) is 19.7. The quantitative estimate of drug-likeness (QED) is 0.745. The molecule has 3 rings (SSSR count). The van der Waals surface area contributed by atoms with Gasteiger partial charge in [0.25, 0.3) is 11.1 Å². The van der Waals surface area contributed by atoms with Gasteiger partial charge in [0.15, 0.2) is 0 Å². The van der Waals surface area contributed by atoms with Gasteiger partial charge in [-0.15, -0.1) is 0 Å². The van der Waals surface area contributed by atoms with Crippen molar-refractivity contribution in [2.45, 2.75) is 33.2 Å². The van der Waals surface area contributed by atoms with Crippen molar-refractivity contribution >= 4 is 35.0 Å². The van der Waals surface area contributed by atoms with Gasteiger partial charge in [-0.05, 0) is 61.9 Å². The summed E-state index contributed by atoms with van der Waals surface area (Å²) in [5, 5.41) is 8.89. The van der Waals surface area contributed by atoms with Crippen molar-refractivity contribution in [3.63, 3.8) is 0 Å².